The molecule has 4 N–H and O–H groups in total. The third-order valence-corrected chi connectivity index (χ3v) is 7.40. The van der Waals surface area contributed by atoms with Crippen molar-refractivity contribution < 1.29 is 14.4 Å². The van der Waals surface area contributed by atoms with Gasteiger partial charge in [0, 0.05) is 37.8 Å². The molecule has 12 heteroatoms. The number of nitrogens with zero attached hydrogens (tertiary/aromatic N) is 5. The fraction of sp³-hybridized carbons (Fsp3) is 0.393. The number of H-pyrrole nitrogens is 1. The van der Waals surface area contributed by atoms with Gasteiger partial charge in [0.25, 0.3) is 11.8 Å². The van der Waals surface area contributed by atoms with E-state index in [2.05, 4.69) is 42.6 Å². The number of hydrogen-bond acceptors (Lipinski definition) is 8. The van der Waals surface area contributed by atoms with E-state index in [9.17, 15) is 19.6 Å². The average Bonchev–Trinajstić information content (AvgIpc) is 3.71. The van der Waals surface area contributed by atoms with Crippen molar-refractivity contribution in [3.63, 3.8) is 0 Å². The molecule has 4 rings (SSSR count). The Labute approximate surface area is 232 Å². The van der Waals surface area contributed by atoms with Gasteiger partial charge in [-0.3, -0.25) is 14.4 Å². The average molecular weight is 544 g/mol. The van der Waals surface area contributed by atoms with Crippen LogP contribution in [0.25, 0.3) is 0 Å². The van der Waals surface area contributed by atoms with Gasteiger partial charge in [-0.05, 0) is 61.6 Å². The maximum absolute atomic E-state index is 12.9. The molecule has 2 aromatic carbocycles. The highest BCUT2D eigenvalue weighted by Gasteiger charge is 2.42. The molecule has 1 aromatic heterocycles. The monoisotopic (exact) mass is 543 g/mol. The minimum Gasteiger partial charge on any atom is -0.355 e. The summed E-state index contributed by atoms with van der Waals surface area (Å²) >= 11 is 0. The number of tetrazole rings is 1. The van der Waals surface area contributed by atoms with E-state index >= 15 is 0 Å². The summed E-state index contributed by atoms with van der Waals surface area (Å²) in [6.45, 7) is 2.62. The molecule has 208 valence electrons. The van der Waals surface area contributed by atoms with Gasteiger partial charge in [-0.1, -0.05) is 29.5 Å². The van der Waals surface area contributed by atoms with Crippen LogP contribution in [0.1, 0.15) is 63.9 Å². The molecule has 1 saturated heterocycles. The van der Waals surface area contributed by atoms with Gasteiger partial charge in [0.1, 0.15) is 6.04 Å². The Hall–Kier alpha value is -4.63. The Balaban J connectivity index is 1.72. The van der Waals surface area contributed by atoms with E-state index in [1.165, 1.54) is 0 Å². The molecular formula is C28H33N9O3. The molecule has 12 nitrogen and oxygen atoms in total. The van der Waals surface area contributed by atoms with Crippen LogP contribution in [0.4, 0.5) is 0 Å². The molecule has 0 spiro atoms. The molecule has 3 aromatic rings. The second-order valence-electron chi connectivity index (χ2n) is 9.81. The number of nitrogens with one attached hydrogen (secondary N) is 4. The summed E-state index contributed by atoms with van der Waals surface area (Å²) in [7, 11) is 3.15. The van der Waals surface area contributed by atoms with E-state index in [-0.39, 0.29) is 36.3 Å². The minimum atomic E-state index is -0.951. The summed E-state index contributed by atoms with van der Waals surface area (Å²) < 4.78 is 0. The smallest absolute Gasteiger partial charge is 0.251 e. The summed E-state index contributed by atoms with van der Waals surface area (Å²) in [4.78, 5) is 39.0. The van der Waals surface area contributed by atoms with Gasteiger partial charge in [0.2, 0.25) is 5.91 Å². The maximum atomic E-state index is 12.9. The molecule has 0 bridgehead atoms. The van der Waals surface area contributed by atoms with Gasteiger partial charge < -0.3 is 20.9 Å². The fourth-order valence-corrected chi connectivity index (χ4v) is 5.29. The van der Waals surface area contributed by atoms with Crippen LogP contribution in [0.2, 0.25) is 0 Å². The van der Waals surface area contributed by atoms with Gasteiger partial charge in [0.15, 0.2) is 5.82 Å². The number of aromatic amines is 1. The van der Waals surface area contributed by atoms with Crippen LogP contribution >= 0.6 is 0 Å². The van der Waals surface area contributed by atoms with E-state index in [1.807, 2.05) is 31.2 Å². The lowest BCUT2D eigenvalue weighted by molar-refractivity contribution is -0.130. The second-order valence-corrected chi connectivity index (χ2v) is 9.81. The zero-order chi connectivity index (χ0) is 28.7. The van der Waals surface area contributed by atoms with Gasteiger partial charge in [-0.25, -0.2) is 0 Å². The lowest BCUT2D eigenvalue weighted by Gasteiger charge is -2.35. The van der Waals surface area contributed by atoms with Crippen LogP contribution in [-0.2, 0) is 10.2 Å². The number of aromatic nitrogens is 4. The van der Waals surface area contributed by atoms with Crippen LogP contribution in [0.3, 0.4) is 0 Å². The number of likely N-dealkylation sites (tertiary alicyclic amines) is 1. The Morgan fingerprint density at radius 2 is 1.62 bits per heavy atom. The zero-order valence-electron chi connectivity index (χ0n) is 22.8. The highest BCUT2D eigenvalue weighted by atomic mass is 16.2. The SMILES string of the molecule is CNC(=O)c1ccc(C(C[C@H](C)NCC(=O)N2CCC[C@H]2C#N)(c2ccc(C(=O)NC)cc2)c2nn[nH]n2)cc1. The Morgan fingerprint density at radius 1 is 1.05 bits per heavy atom. The summed E-state index contributed by atoms with van der Waals surface area (Å²) in [5.41, 5.74) is 1.65. The second kappa shape index (κ2) is 12.5. The molecule has 2 atom stereocenters. The normalized spacial score (nSPS) is 15.8. The Morgan fingerprint density at radius 3 is 2.10 bits per heavy atom. The minimum absolute atomic E-state index is 0.0763. The van der Waals surface area contributed by atoms with Crippen LogP contribution < -0.4 is 16.0 Å². The van der Waals surface area contributed by atoms with Crippen LogP contribution in [-0.4, -0.2) is 82.5 Å². The predicted octanol–water partition coefficient (Wildman–Crippen LogP) is 1.14. The number of carbonyl (C=O) groups excluding carboxylic acids is 3. The molecular weight excluding hydrogens is 510 g/mol. The van der Waals surface area contributed by atoms with Gasteiger partial charge >= 0.3 is 0 Å². The molecule has 0 radical (unpaired) electrons. The molecule has 40 heavy (non-hydrogen) atoms. The van der Waals surface area contributed by atoms with Crippen molar-refractivity contribution in [1.29, 1.82) is 5.26 Å². The molecule has 1 aliphatic rings. The number of hydrogen-bond donors (Lipinski definition) is 4. The summed E-state index contributed by atoms with van der Waals surface area (Å²) in [6, 6.07) is 16.0. The highest BCUT2D eigenvalue weighted by molar-refractivity contribution is 5.94. The molecule has 1 fully saturated rings. The molecule has 3 amide bonds. The third-order valence-electron chi connectivity index (χ3n) is 7.40. The van der Waals surface area contributed by atoms with Crippen molar-refractivity contribution in [2.45, 2.75) is 43.7 Å². The van der Waals surface area contributed by atoms with Crippen LogP contribution in [0, 0.1) is 11.3 Å². The van der Waals surface area contributed by atoms with E-state index in [1.54, 1.807) is 43.3 Å². The lowest BCUT2D eigenvalue weighted by atomic mass is 9.69. The van der Waals surface area contributed by atoms with Gasteiger partial charge in [-0.2, -0.15) is 10.5 Å². The number of carbonyl (C=O) groups is 3. The maximum Gasteiger partial charge on any atom is 0.251 e. The van der Waals surface area contributed by atoms with Crippen molar-refractivity contribution in [2.24, 2.45) is 0 Å². The van der Waals surface area contributed by atoms with Gasteiger partial charge in [0.05, 0.1) is 18.0 Å². The molecule has 1 aliphatic heterocycles. The first-order valence-electron chi connectivity index (χ1n) is 13.2. The van der Waals surface area contributed by atoms with Crippen LogP contribution in [0.15, 0.2) is 48.5 Å². The summed E-state index contributed by atoms with van der Waals surface area (Å²) in [6.07, 6.45) is 1.93. The molecule has 0 aliphatic carbocycles. The van der Waals surface area contributed by atoms with Crippen molar-refractivity contribution in [2.75, 3.05) is 27.2 Å². The third kappa shape index (κ3) is 5.69. The van der Waals surface area contributed by atoms with Crippen molar-refractivity contribution in [3.8, 4) is 6.07 Å². The Bertz CT molecular complexity index is 1310. The lowest BCUT2D eigenvalue weighted by Crippen LogP contribution is -2.45. The number of rotatable bonds is 10. The highest BCUT2D eigenvalue weighted by Crippen LogP contribution is 2.41. The Kier molecular flexibility index (Phi) is 8.86. The van der Waals surface area contributed by atoms with E-state index < -0.39 is 5.41 Å². The first kappa shape index (κ1) is 28.4. The number of nitriles is 1. The number of amides is 3. The van der Waals surface area contributed by atoms with E-state index in [0.29, 0.717) is 36.3 Å². The largest absolute Gasteiger partial charge is 0.355 e. The quantitative estimate of drug-likeness (QED) is 0.295. The first-order valence-corrected chi connectivity index (χ1v) is 13.2. The van der Waals surface area contributed by atoms with E-state index in [0.717, 1.165) is 17.5 Å². The standard InChI is InChI=1S/C28H33N9O3/c1-18(32-17-24(38)37-14-4-5-23(37)16-29)15-28(27-33-35-36-34-27,21-10-6-19(7-11-21)25(39)30-2)22-12-8-20(9-13-22)26(40)31-3/h6-13,18,23,32H,4-5,14-15,17H2,1-3H3,(H,30,39)(H,31,40)(H,33,34,35,36)/t18-,23-/m0/s1. The first-order chi connectivity index (χ1) is 19.3. The summed E-state index contributed by atoms with van der Waals surface area (Å²) in [5.74, 6) is -0.140. The van der Waals surface area contributed by atoms with Crippen molar-refractivity contribution >= 4 is 17.7 Å². The fourth-order valence-electron chi connectivity index (χ4n) is 5.29. The van der Waals surface area contributed by atoms with Gasteiger partial charge in [-0.15, -0.1) is 10.2 Å². The van der Waals surface area contributed by atoms with Crippen molar-refractivity contribution in [1.82, 2.24) is 41.5 Å². The predicted molar refractivity (Wildman–Crippen MR) is 146 cm³/mol. The molecule has 0 unspecified atom stereocenters. The summed E-state index contributed by atoms with van der Waals surface area (Å²) in [5, 5.41) is 33.1. The van der Waals surface area contributed by atoms with Crippen molar-refractivity contribution in [3.05, 3.63) is 76.6 Å². The molecule has 0 saturated carbocycles. The zero-order valence-corrected chi connectivity index (χ0v) is 22.8. The number of benzene rings is 2. The molecule has 2 heterocycles. The topological polar surface area (TPSA) is 169 Å². The van der Waals surface area contributed by atoms with E-state index in [4.69, 9.17) is 0 Å². The van der Waals surface area contributed by atoms with Crippen LogP contribution in [0.5, 0.6) is 0 Å².